The summed E-state index contributed by atoms with van der Waals surface area (Å²) in [5, 5.41) is 4.65. The van der Waals surface area contributed by atoms with Gasteiger partial charge in [0.25, 0.3) is 0 Å². The molecule has 0 saturated carbocycles. The molecule has 4 nitrogen and oxygen atoms in total. The Kier molecular flexibility index (Phi) is 5.06. The van der Waals surface area contributed by atoms with Gasteiger partial charge in [0, 0.05) is 25.8 Å². The summed E-state index contributed by atoms with van der Waals surface area (Å²) in [7, 11) is 0. The van der Waals surface area contributed by atoms with E-state index >= 15 is 0 Å². The average molecular weight is 353 g/mol. The highest BCUT2D eigenvalue weighted by Gasteiger charge is 2.27. The quantitative estimate of drug-likeness (QED) is 0.778. The third kappa shape index (κ3) is 3.59. The summed E-state index contributed by atoms with van der Waals surface area (Å²) in [6.45, 7) is 6.38. The summed E-state index contributed by atoms with van der Waals surface area (Å²) in [6.07, 6.45) is 4.20. The molecule has 0 spiro atoms. The molecule has 25 heavy (non-hydrogen) atoms. The molecule has 1 fully saturated rings. The molecule has 1 N–H and O–H groups in total. The normalized spacial score (nSPS) is 17.5. The van der Waals surface area contributed by atoms with Crippen LogP contribution in [0.3, 0.4) is 0 Å². The number of fused-ring (bicyclic) bond motifs is 1. The zero-order valence-electron chi connectivity index (χ0n) is 14.6. The number of hydrogen-bond donors (Lipinski definition) is 1. The second-order valence-electron chi connectivity index (χ2n) is 6.51. The highest BCUT2D eigenvalue weighted by molar-refractivity contribution is 7.18. The zero-order valence-corrected chi connectivity index (χ0v) is 15.4. The van der Waals surface area contributed by atoms with Crippen LogP contribution in [-0.2, 0) is 6.42 Å². The van der Waals surface area contributed by atoms with Crippen molar-refractivity contribution in [3.05, 3.63) is 58.9 Å². The smallest absolute Gasteiger partial charge is 0.117 e. The molecule has 1 atom stereocenters. The van der Waals surface area contributed by atoms with Crippen molar-refractivity contribution in [3.8, 4) is 0 Å². The lowest BCUT2D eigenvalue weighted by Gasteiger charge is -2.28. The predicted molar refractivity (Wildman–Crippen MR) is 104 cm³/mol. The van der Waals surface area contributed by atoms with Crippen molar-refractivity contribution in [2.24, 2.45) is 0 Å². The van der Waals surface area contributed by atoms with Crippen molar-refractivity contribution in [1.29, 1.82) is 0 Å². The van der Waals surface area contributed by atoms with E-state index in [4.69, 9.17) is 9.97 Å². The average Bonchev–Trinajstić information content (AvgIpc) is 2.89. The van der Waals surface area contributed by atoms with Gasteiger partial charge in [0.15, 0.2) is 0 Å². The van der Waals surface area contributed by atoms with Crippen molar-refractivity contribution >= 4 is 21.6 Å². The van der Waals surface area contributed by atoms with E-state index in [-0.39, 0.29) is 6.04 Å². The number of pyridine rings is 1. The SMILES string of the molecule is CCc1ccc(C(c2nc3ccccc3s2)N2CCCNCC2)nc1. The number of thiazole rings is 1. The Balaban J connectivity index is 1.75. The van der Waals surface area contributed by atoms with Crippen LogP contribution < -0.4 is 5.32 Å². The molecule has 1 aliphatic rings. The highest BCUT2D eigenvalue weighted by Crippen LogP contribution is 2.33. The Morgan fingerprint density at radius 2 is 2.08 bits per heavy atom. The molecule has 2 aromatic heterocycles. The number of benzene rings is 1. The fraction of sp³-hybridized carbons (Fsp3) is 0.400. The third-order valence-corrected chi connectivity index (χ3v) is 5.91. The molecule has 0 radical (unpaired) electrons. The minimum absolute atomic E-state index is 0.142. The lowest BCUT2D eigenvalue weighted by Crippen LogP contribution is -2.33. The van der Waals surface area contributed by atoms with Crippen molar-refractivity contribution in [3.63, 3.8) is 0 Å². The Morgan fingerprint density at radius 3 is 2.88 bits per heavy atom. The van der Waals surface area contributed by atoms with Crippen LogP contribution in [0.4, 0.5) is 0 Å². The van der Waals surface area contributed by atoms with Gasteiger partial charge in [-0.25, -0.2) is 4.98 Å². The largest absolute Gasteiger partial charge is 0.315 e. The van der Waals surface area contributed by atoms with E-state index < -0.39 is 0 Å². The van der Waals surface area contributed by atoms with Crippen molar-refractivity contribution in [2.75, 3.05) is 26.2 Å². The predicted octanol–water partition coefficient (Wildman–Crippen LogP) is 3.64. The number of para-hydroxylation sites is 1. The van der Waals surface area contributed by atoms with Crippen molar-refractivity contribution < 1.29 is 0 Å². The van der Waals surface area contributed by atoms with Gasteiger partial charge in [-0.15, -0.1) is 11.3 Å². The number of aromatic nitrogens is 2. The standard InChI is InChI=1S/C20H24N4S/c1-2-15-8-9-17(22-14-15)19(24-12-5-10-21-11-13-24)20-23-16-6-3-4-7-18(16)25-20/h3-4,6-9,14,19,21H,2,5,10-13H2,1H3. The Morgan fingerprint density at radius 1 is 1.16 bits per heavy atom. The molecule has 1 unspecified atom stereocenters. The molecule has 0 aliphatic carbocycles. The van der Waals surface area contributed by atoms with Gasteiger partial charge in [0.1, 0.15) is 11.0 Å². The Labute approximate surface area is 152 Å². The minimum atomic E-state index is 0.142. The second-order valence-corrected chi connectivity index (χ2v) is 7.57. The van der Waals surface area contributed by atoms with Gasteiger partial charge in [-0.05, 0) is 43.1 Å². The van der Waals surface area contributed by atoms with Crippen molar-refractivity contribution in [2.45, 2.75) is 25.8 Å². The minimum Gasteiger partial charge on any atom is -0.315 e. The van der Waals surface area contributed by atoms with Gasteiger partial charge >= 0.3 is 0 Å². The van der Waals surface area contributed by atoms with Crippen LogP contribution in [0, 0.1) is 0 Å². The van der Waals surface area contributed by atoms with E-state index in [0.717, 1.165) is 55.2 Å². The van der Waals surface area contributed by atoms with Crippen LogP contribution in [0.25, 0.3) is 10.2 Å². The molecular weight excluding hydrogens is 328 g/mol. The summed E-state index contributed by atoms with van der Waals surface area (Å²) < 4.78 is 1.25. The van der Waals surface area contributed by atoms with Crippen LogP contribution in [0.2, 0.25) is 0 Å². The van der Waals surface area contributed by atoms with Gasteiger partial charge in [0.05, 0.1) is 15.9 Å². The van der Waals surface area contributed by atoms with Gasteiger partial charge in [0.2, 0.25) is 0 Å². The van der Waals surface area contributed by atoms with Crippen LogP contribution in [0.5, 0.6) is 0 Å². The first-order valence-electron chi connectivity index (χ1n) is 9.10. The maximum atomic E-state index is 4.95. The summed E-state index contributed by atoms with van der Waals surface area (Å²) in [6, 6.07) is 12.9. The number of nitrogens with one attached hydrogen (secondary N) is 1. The summed E-state index contributed by atoms with van der Waals surface area (Å²) in [5.74, 6) is 0. The first kappa shape index (κ1) is 16.6. The molecule has 1 saturated heterocycles. The zero-order chi connectivity index (χ0) is 17.1. The number of nitrogens with zero attached hydrogens (tertiary/aromatic N) is 3. The first-order chi connectivity index (χ1) is 12.3. The lowest BCUT2D eigenvalue weighted by atomic mass is 10.1. The molecular formula is C20H24N4S. The molecule has 1 aromatic carbocycles. The van der Waals surface area contributed by atoms with E-state index in [1.54, 1.807) is 11.3 Å². The van der Waals surface area contributed by atoms with Gasteiger partial charge in [-0.1, -0.05) is 25.1 Å². The van der Waals surface area contributed by atoms with Gasteiger partial charge < -0.3 is 5.32 Å². The molecule has 1 aliphatic heterocycles. The van der Waals surface area contributed by atoms with E-state index in [0.29, 0.717) is 0 Å². The van der Waals surface area contributed by atoms with E-state index in [2.05, 4.69) is 53.5 Å². The Hall–Kier alpha value is -1.82. The van der Waals surface area contributed by atoms with Crippen LogP contribution in [0.15, 0.2) is 42.6 Å². The maximum Gasteiger partial charge on any atom is 0.117 e. The van der Waals surface area contributed by atoms with Gasteiger partial charge in [-0.3, -0.25) is 9.88 Å². The highest BCUT2D eigenvalue weighted by atomic mass is 32.1. The molecule has 3 heterocycles. The topological polar surface area (TPSA) is 41.1 Å². The summed E-state index contributed by atoms with van der Waals surface area (Å²) >= 11 is 1.80. The monoisotopic (exact) mass is 352 g/mol. The van der Waals surface area contributed by atoms with Crippen molar-refractivity contribution in [1.82, 2.24) is 20.2 Å². The number of hydrogen-bond acceptors (Lipinski definition) is 5. The lowest BCUT2D eigenvalue weighted by molar-refractivity contribution is 0.237. The summed E-state index contributed by atoms with van der Waals surface area (Å²) in [5.41, 5.74) is 3.48. The summed E-state index contributed by atoms with van der Waals surface area (Å²) in [4.78, 5) is 12.3. The van der Waals surface area contributed by atoms with E-state index in [1.165, 1.54) is 10.3 Å². The maximum absolute atomic E-state index is 4.95. The molecule has 4 rings (SSSR count). The fourth-order valence-corrected chi connectivity index (χ4v) is 4.52. The van der Waals surface area contributed by atoms with Crippen LogP contribution >= 0.6 is 11.3 Å². The molecule has 130 valence electrons. The van der Waals surface area contributed by atoms with Crippen LogP contribution in [-0.4, -0.2) is 41.0 Å². The molecule has 0 bridgehead atoms. The first-order valence-corrected chi connectivity index (χ1v) is 9.92. The second kappa shape index (κ2) is 7.60. The molecule has 3 aromatic rings. The fourth-order valence-electron chi connectivity index (χ4n) is 3.41. The number of rotatable bonds is 4. The van der Waals surface area contributed by atoms with Crippen LogP contribution in [0.1, 0.15) is 35.7 Å². The molecule has 5 heteroatoms. The number of aryl methyl sites for hydroxylation is 1. The van der Waals surface area contributed by atoms with Gasteiger partial charge in [-0.2, -0.15) is 0 Å². The van der Waals surface area contributed by atoms with E-state index in [1.807, 2.05) is 6.20 Å². The Bertz CT molecular complexity index is 786. The van der Waals surface area contributed by atoms with E-state index in [9.17, 15) is 0 Å². The third-order valence-electron chi connectivity index (χ3n) is 4.82. The molecule has 0 amide bonds.